The highest BCUT2D eigenvalue weighted by molar-refractivity contribution is 9.10. The van der Waals surface area contributed by atoms with Gasteiger partial charge in [-0.15, -0.1) is 0 Å². The minimum atomic E-state index is -0.852. The van der Waals surface area contributed by atoms with Gasteiger partial charge in [0.2, 0.25) is 0 Å². The van der Waals surface area contributed by atoms with Gasteiger partial charge in [-0.05, 0) is 44.2 Å². The van der Waals surface area contributed by atoms with Crippen LogP contribution in [0.2, 0.25) is 0 Å². The molecule has 31 heavy (non-hydrogen) atoms. The summed E-state index contributed by atoms with van der Waals surface area (Å²) in [5.74, 6) is 0.405. The normalized spacial score (nSPS) is 16.2. The lowest BCUT2D eigenvalue weighted by molar-refractivity contribution is -0.139. The lowest BCUT2D eigenvalue weighted by atomic mass is 10.00. The summed E-state index contributed by atoms with van der Waals surface area (Å²) in [7, 11) is 0. The van der Waals surface area contributed by atoms with Crippen molar-refractivity contribution in [2.24, 2.45) is 0 Å². The summed E-state index contributed by atoms with van der Waals surface area (Å²) < 4.78 is 12.9. The van der Waals surface area contributed by atoms with Gasteiger partial charge in [0.1, 0.15) is 17.6 Å². The molecule has 1 atom stereocenters. The average Bonchev–Trinajstić information content (AvgIpc) is 3.16. The third kappa shape index (κ3) is 4.11. The first-order valence-electron chi connectivity index (χ1n) is 9.56. The molecular formula is C21H19BrN4O5. The van der Waals surface area contributed by atoms with Gasteiger partial charge in [-0.3, -0.25) is 9.36 Å². The number of benzene rings is 1. The monoisotopic (exact) mass is 486 g/mol. The lowest BCUT2D eigenvalue weighted by Crippen LogP contribution is -2.47. The molecular weight excluding hydrogens is 468 g/mol. The molecule has 3 aromatic rings. The summed E-state index contributed by atoms with van der Waals surface area (Å²) in [5, 5.41) is 5.74. The molecule has 0 saturated carbocycles. The molecule has 0 bridgehead atoms. The van der Waals surface area contributed by atoms with Crippen LogP contribution in [0.4, 0.5) is 4.79 Å². The number of ether oxygens (including phenoxy) is 1. The Hall–Kier alpha value is -3.40. The fourth-order valence-electron chi connectivity index (χ4n) is 3.43. The van der Waals surface area contributed by atoms with Crippen molar-refractivity contribution in [1.29, 1.82) is 0 Å². The van der Waals surface area contributed by atoms with E-state index in [9.17, 15) is 14.4 Å². The fourth-order valence-corrected chi connectivity index (χ4v) is 3.79. The maximum atomic E-state index is 13.0. The van der Waals surface area contributed by atoms with E-state index in [0.717, 1.165) is 4.47 Å². The summed E-state index contributed by atoms with van der Waals surface area (Å²) in [6.45, 7) is 3.53. The molecule has 160 valence electrons. The first kappa shape index (κ1) is 20.9. The van der Waals surface area contributed by atoms with Crippen LogP contribution in [0, 0.1) is 6.92 Å². The lowest BCUT2D eigenvalue weighted by Gasteiger charge is -2.28. The predicted octanol–water partition coefficient (Wildman–Crippen LogP) is 2.93. The van der Waals surface area contributed by atoms with E-state index in [2.05, 4.69) is 31.5 Å². The Kier molecular flexibility index (Phi) is 5.64. The highest BCUT2D eigenvalue weighted by atomic mass is 79.9. The highest BCUT2D eigenvalue weighted by Crippen LogP contribution is 2.29. The maximum Gasteiger partial charge on any atom is 0.338 e. The Morgan fingerprint density at radius 2 is 2.10 bits per heavy atom. The number of urea groups is 1. The topological polar surface area (TPSA) is 115 Å². The molecule has 1 aliphatic rings. The van der Waals surface area contributed by atoms with Crippen molar-refractivity contribution in [1.82, 2.24) is 20.2 Å². The van der Waals surface area contributed by atoms with Crippen molar-refractivity contribution in [3.63, 3.8) is 0 Å². The Balaban J connectivity index is 1.83. The number of esters is 1. The largest absolute Gasteiger partial charge is 0.464 e. The molecule has 0 radical (unpaired) electrons. The van der Waals surface area contributed by atoms with Gasteiger partial charge < -0.3 is 19.8 Å². The molecule has 9 nitrogen and oxygen atoms in total. The molecule has 0 spiro atoms. The zero-order chi connectivity index (χ0) is 22.1. The number of allylic oxidation sites excluding steroid dienone is 1. The van der Waals surface area contributed by atoms with E-state index in [1.54, 1.807) is 44.2 Å². The zero-order valence-electron chi connectivity index (χ0n) is 16.8. The van der Waals surface area contributed by atoms with Crippen LogP contribution in [0.5, 0.6) is 0 Å². The van der Waals surface area contributed by atoms with Crippen LogP contribution in [0.3, 0.4) is 0 Å². The van der Waals surface area contributed by atoms with E-state index in [0.29, 0.717) is 22.4 Å². The average molecular weight is 487 g/mol. The van der Waals surface area contributed by atoms with Crippen LogP contribution in [0.1, 0.15) is 24.5 Å². The predicted molar refractivity (Wildman–Crippen MR) is 115 cm³/mol. The summed E-state index contributed by atoms with van der Waals surface area (Å²) in [6, 6.07) is 7.25. The Labute approximate surface area is 185 Å². The number of carbonyl (C=O) groups excluding carboxylic acids is 2. The van der Waals surface area contributed by atoms with E-state index in [4.69, 9.17) is 9.15 Å². The van der Waals surface area contributed by atoms with Gasteiger partial charge >= 0.3 is 12.0 Å². The molecule has 0 saturated heterocycles. The van der Waals surface area contributed by atoms with Gasteiger partial charge in [0.25, 0.3) is 5.56 Å². The second-order valence-electron chi connectivity index (χ2n) is 6.93. The second kappa shape index (κ2) is 8.38. The standard InChI is InChI=1S/C21H19BrN4O5/c1-3-30-20(28)17-15(24-21(29)25-18(17)16-7-4-11(2)31-16)9-26-10-23-14-6-5-12(22)8-13(14)19(26)27/h4-8,10,18H,3,9H2,1-2H3,(H2,24,25,29). The van der Waals surface area contributed by atoms with Gasteiger partial charge in [-0.2, -0.15) is 0 Å². The van der Waals surface area contributed by atoms with E-state index < -0.39 is 18.0 Å². The van der Waals surface area contributed by atoms with Gasteiger partial charge in [-0.25, -0.2) is 14.6 Å². The van der Waals surface area contributed by atoms with Crippen LogP contribution in [0.15, 0.2) is 61.6 Å². The maximum absolute atomic E-state index is 13.0. The third-order valence-corrected chi connectivity index (χ3v) is 5.30. The molecule has 2 N–H and O–H groups in total. The SMILES string of the molecule is CCOC(=O)C1=C(Cn2cnc3ccc(Br)cc3c2=O)NC(=O)NC1c1ccc(C)o1. The molecule has 10 heteroatoms. The van der Waals surface area contributed by atoms with Crippen molar-refractivity contribution in [2.45, 2.75) is 26.4 Å². The fraction of sp³-hybridized carbons (Fsp3) is 0.238. The smallest absolute Gasteiger partial charge is 0.338 e. The molecule has 0 aliphatic carbocycles. The van der Waals surface area contributed by atoms with Crippen molar-refractivity contribution in [3.05, 3.63) is 74.3 Å². The minimum Gasteiger partial charge on any atom is -0.464 e. The summed E-state index contributed by atoms with van der Waals surface area (Å²) in [6.07, 6.45) is 1.38. The number of nitrogens with zero attached hydrogens (tertiary/aromatic N) is 2. The quantitative estimate of drug-likeness (QED) is 0.535. The van der Waals surface area contributed by atoms with Gasteiger partial charge in [0.05, 0.1) is 41.7 Å². The van der Waals surface area contributed by atoms with E-state index in [1.807, 2.05) is 0 Å². The van der Waals surface area contributed by atoms with E-state index >= 15 is 0 Å². The van der Waals surface area contributed by atoms with Crippen molar-refractivity contribution < 1.29 is 18.7 Å². The molecule has 0 fully saturated rings. The molecule has 4 rings (SSSR count). The van der Waals surface area contributed by atoms with Crippen LogP contribution in [0.25, 0.3) is 10.9 Å². The molecule has 3 heterocycles. The minimum absolute atomic E-state index is 0.0773. The number of rotatable bonds is 5. The number of halogens is 1. The number of hydrogen-bond acceptors (Lipinski definition) is 6. The molecule has 1 aromatic carbocycles. The Morgan fingerprint density at radius 3 is 2.81 bits per heavy atom. The Bertz CT molecular complexity index is 1280. The second-order valence-corrected chi connectivity index (χ2v) is 7.85. The molecule has 2 aromatic heterocycles. The number of furan rings is 1. The summed E-state index contributed by atoms with van der Waals surface area (Å²) in [5.41, 5.74) is 0.638. The number of aromatic nitrogens is 2. The van der Waals surface area contributed by atoms with Crippen LogP contribution >= 0.6 is 15.9 Å². The number of nitrogens with one attached hydrogen (secondary N) is 2. The number of carbonyl (C=O) groups is 2. The first-order chi connectivity index (χ1) is 14.9. The van der Waals surface area contributed by atoms with E-state index in [-0.39, 0.29) is 30.0 Å². The number of amides is 2. The van der Waals surface area contributed by atoms with Crippen LogP contribution < -0.4 is 16.2 Å². The van der Waals surface area contributed by atoms with E-state index in [1.165, 1.54) is 10.9 Å². The zero-order valence-corrected chi connectivity index (χ0v) is 18.4. The Morgan fingerprint density at radius 1 is 1.29 bits per heavy atom. The van der Waals surface area contributed by atoms with Gasteiger partial charge in [-0.1, -0.05) is 15.9 Å². The molecule has 1 unspecified atom stereocenters. The van der Waals surface area contributed by atoms with Crippen molar-refractivity contribution in [2.75, 3.05) is 6.61 Å². The first-order valence-corrected chi connectivity index (χ1v) is 10.4. The molecule has 1 aliphatic heterocycles. The highest BCUT2D eigenvalue weighted by Gasteiger charge is 2.35. The van der Waals surface area contributed by atoms with Crippen molar-refractivity contribution >= 4 is 38.8 Å². The number of hydrogen-bond donors (Lipinski definition) is 2. The summed E-state index contributed by atoms with van der Waals surface area (Å²) in [4.78, 5) is 42.5. The number of aryl methyl sites for hydroxylation is 1. The number of fused-ring (bicyclic) bond motifs is 1. The van der Waals surface area contributed by atoms with Crippen LogP contribution in [-0.2, 0) is 16.1 Å². The van der Waals surface area contributed by atoms with Gasteiger partial charge in [0, 0.05) is 4.47 Å². The van der Waals surface area contributed by atoms with Gasteiger partial charge in [0.15, 0.2) is 0 Å². The van der Waals surface area contributed by atoms with Crippen molar-refractivity contribution in [3.8, 4) is 0 Å². The summed E-state index contributed by atoms with van der Waals surface area (Å²) >= 11 is 3.36. The molecule has 2 amide bonds. The third-order valence-electron chi connectivity index (χ3n) is 4.81. The van der Waals surface area contributed by atoms with Crippen LogP contribution in [-0.4, -0.2) is 28.2 Å².